The number of carbonyl (C=O) groups excluding carboxylic acids is 1. The molecule has 0 saturated carbocycles. The van der Waals surface area contributed by atoms with Gasteiger partial charge in [0, 0.05) is 45.0 Å². The molecule has 1 saturated heterocycles. The van der Waals surface area contributed by atoms with Crippen LogP contribution in [-0.4, -0.2) is 78.9 Å². The second-order valence-electron chi connectivity index (χ2n) is 7.49. The number of amides is 1. The minimum Gasteiger partial charge on any atom is -0.381 e. The van der Waals surface area contributed by atoms with E-state index in [0.717, 1.165) is 38.4 Å². The number of hydrogen-bond donors (Lipinski definition) is 0. The summed E-state index contributed by atoms with van der Waals surface area (Å²) >= 11 is 0. The highest BCUT2D eigenvalue weighted by Crippen LogP contribution is 2.28. The summed E-state index contributed by atoms with van der Waals surface area (Å²) in [6, 6.07) is 0. The molecule has 0 aromatic carbocycles. The Kier molecular flexibility index (Phi) is 6.09. The monoisotopic (exact) mass is 350 g/mol. The summed E-state index contributed by atoms with van der Waals surface area (Å²) in [6.07, 6.45) is 4.00. The van der Waals surface area contributed by atoms with Crippen LogP contribution in [0, 0.1) is 5.92 Å². The molecule has 3 rings (SSSR count). The lowest BCUT2D eigenvalue weighted by Gasteiger charge is -2.34. The summed E-state index contributed by atoms with van der Waals surface area (Å²) in [5.41, 5.74) is 2.21. The van der Waals surface area contributed by atoms with E-state index < -0.39 is 0 Å². The number of likely N-dealkylation sites (N-methyl/N-ethyl adjacent to an activating group) is 1. The van der Waals surface area contributed by atoms with Gasteiger partial charge in [-0.1, -0.05) is 0 Å². The highest BCUT2D eigenvalue weighted by atomic mass is 16.5. The highest BCUT2D eigenvalue weighted by molar-refractivity contribution is 5.78. The van der Waals surface area contributed by atoms with Crippen molar-refractivity contribution >= 4 is 5.91 Å². The van der Waals surface area contributed by atoms with E-state index in [4.69, 9.17) is 9.47 Å². The average Bonchev–Trinajstić information content (AvgIpc) is 2.96. The van der Waals surface area contributed by atoms with Gasteiger partial charge in [0.25, 0.3) is 0 Å². The van der Waals surface area contributed by atoms with Crippen molar-refractivity contribution in [2.75, 3.05) is 53.6 Å². The fraction of sp³-hybridized carbons (Fsp3) is 0.778. The minimum absolute atomic E-state index is 0.149. The molecule has 0 radical (unpaired) electrons. The van der Waals surface area contributed by atoms with E-state index in [0.29, 0.717) is 32.2 Å². The van der Waals surface area contributed by atoms with Crippen LogP contribution in [-0.2, 0) is 27.9 Å². The van der Waals surface area contributed by atoms with Crippen molar-refractivity contribution in [3.8, 4) is 0 Å². The third kappa shape index (κ3) is 4.59. The van der Waals surface area contributed by atoms with Crippen LogP contribution in [0.2, 0.25) is 0 Å². The van der Waals surface area contributed by atoms with Crippen LogP contribution in [0.3, 0.4) is 0 Å². The number of aromatic nitrogens is 2. The van der Waals surface area contributed by atoms with Gasteiger partial charge in [-0.05, 0) is 32.9 Å². The molecular weight excluding hydrogens is 320 g/mol. The molecule has 1 atom stereocenters. The summed E-state index contributed by atoms with van der Waals surface area (Å²) in [6.45, 7) is 4.82. The lowest BCUT2D eigenvalue weighted by molar-refractivity contribution is -0.133. The molecule has 2 aliphatic rings. The molecule has 0 spiro atoms. The minimum atomic E-state index is 0.149. The molecule has 0 N–H and O–H groups in total. The molecule has 3 heterocycles. The molecule has 2 aliphatic heterocycles. The summed E-state index contributed by atoms with van der Waals surface area (Å²) in [4.78, 5) is 20.8. The van der Waals surface area contributed by atoms with Crippen molar-refractivity contribution in [3.63, 3.8) is 0 Å². The molecule has 0 aliphatic carbocycles. The number of fused-ring (bicyclic) bond motifs is 1. The van der Waals surface area contributed by atoms with E-state index in [2.05, 4.69) is 9.55 Å². The Bertz CT molecular complexity index is 581. The molecule has 1 aromatic rings. The first-order valence-corrected chi connectivity index (χ1v) is 9.12. The Morgan fingerprint density at radius 1 is 1.36 bits per heavy atom. The zero-order valence-electron chi connectivity index (χ0n) is 15.6. The van der Waals surface area contributed by atoms with Crippen LogP contribution in [0.25, 0.3) is 0 Å². The molecule has 25 heavy (non-hydrogen) atoms. The maximum atomic E-state index is 12.5. The second kappa shape index (κ2) is 8.29. The van der Waals surface area contributed by atoms with Crippen LogP contribution >= 0.6 is 0 Å². The largest absolute Gasteiger partial charge is 0.381 e. The van der Waals surface area contributed by atoms with Crippen LogP contribution in [0.5, 0.6) is 0 Å². The van der Waals surface area contributed by atoms with Gasteiger partial charge < -0.3 is 23.8 Å². The predicted molar refractivity (Wildman–Crippen MR) is 94.3 cm³/mol. The molecule has 140 valence electrons. The van der Waals surface area contributed by atoms with Gasteiger partial charge in [-0.3, -0.25) is 4.79 Å². The Balaban J connectivity index is 1.61. The van der Waals surface area contributed by atoms with Gasteiger partial charge in [0.2, 0.25) is 5.91 Å². The van der Waals surface area contributed by atoms with E-state index in [1.165, 1.54) is 5.69 Å². The number of nitrogens with zero attached hydrogens (tertiary/aromatic N) is 4. The quantitative estimate of drug-likeness (QED) is 0.761. The fourth-order valence-corrected chi connectivity index (χ4v) is 3.71. The summed E-state index contributed by atoms with van der Waals surface area (Å²) in [5, 5.41) is 0. The number of ether oxygens (including phenoxy) is 2. The van der Waals surface area contributed by atoms with E-state index in [-0.39, 0.29) is 11.8 Å². The smallest absolute Gasteiger partial charge is 0.237 e. The van der Waals surface area contributed by atoms with Gasteiger partial charge in [-0.25, -0.2) is 4.98 Å². The van der Waals surface area contributed by atoms with Gasteiger partial charge >= 0.3 is 0 Å². The van der Waals surface area contributed by atoms with Crippen LogP contribution in [0.4, 0.5) is 0 Å². The molecule has 0 bridgehead atoms. The number of hydrogen-bond acceptors (Lipinski definition) is 5. The standard InChI is InChI=1S/C18H30N4O3/c1-20(2)10-17(23)22-8-15(18-16(9-22)19-13-21(18)3)12-25-11-14-4-6-24-7-5-14/h13-15H,4-12H2,1-3H3. The lowest BCUT2D eigenvalue weighted by Crippen LogP contribution is -2.43. The normalized spacial score (nSPS) is 21.6. The zero-order chi connectivity index (χ0) is 17.8. The molecule has 7 nitrogen and oxygen atoms in total. The van der Waals surface area contributed by atoms with Gasteiger partial charge in [0.15, 0.2) is 0 Å². The first kappa shape index (κ1) is 18.4. The topological polar surface area (TPSA) is 59.8 Å². The first-order chi connectivity index (χ1) is 12.0. The molecular formula is C18H30N4O3. The van der Waals surface area contributed by atoms with E-state index in [1.54, 1.807) is 0 Å². The van der Waals surface area contributed by atoms with Crippen molar-refractivity contribution in [1.82, 2.24) is 19.4 Å². The van der Waals surface area contributed by atoms with Crippen molar-refractivity contribution < 1.29 is 14.3 Å². The zero-order valence-corrected chi connectivity index (χ0v) is 15.6. The van der Waals surface area contributed by atoms with Crippen molar-refractivity contribution in [2.24, 2.45) is 13.0 Å². The fourth-order valence-electron chi connectivity index (χ4n) is 3.71. The number of imidazole rings is 1. The van der Waals surface area contributed by atoms with Crippen LogP contribution in [0.15, 0.2) is 6.33 Å². The summed E-state index contributed by atoms with van der Waals surface area (Å²) < 4.78 is 13.5. The molecule has 1 fully saturated rings. The molecule has 1 unspecified atom stereocenters. The third-order valence-electron chi connectivity index (χ3n) is 5.05. The average molecular weight is 350 g/mol. The maximum absolute atomic E-state index is 12.5. The summed E-state index contributed by atoms with van der Waals surface area (Å²) in [5.74, 6) is 0.924. The first-order valence-electron chi connectivity index (χ1n) is 9.12. The number of carbonyl (C=O) groups is 1. The SMILES string of the molecule is CN(C)CC(=O)N1Cc2ncn(C)c2C(COCC2CCOCC2)C1. The van der Waals surface area contributed by atoms with Gasteiger partial charge in [0.1, 0.15) is 0 Å². The second-order valence-corrected chi connectivity index (χ2v) is 7.49. The van der Waals surface area contributed by atoms with E-state index in [1.807, 2.05) is 37.3 Å². The Morgan fingerprint density at radius 3 is 2.84 bits per heavy atom. The van der Waals surface area contributed by atoms with Crippen molar-refractivity contribution in [1.29, 1.82) is 0 Å². The van der Waals surface area contributed by atoms with E-state index in [9.17, 15) is 4.79 Å². The lowest BCUT2D eigenvalue weighted by atomic mass is 9.98. The van der Waals surface area contributed by atoms with Gasteiger partial charge in [-0.15, -0.1) is 0 Å². The Hall–Kier alpha value is -1.44. The van der Waals surface area contributed by atoms with Crippen molar-refractivity contribution in [2.45, 2.75) is 25.3 Å². The van der Waals surface area contributed by atoms with Gasteiger partial charge in [0.05, 0.1) is 31.7 Å². The number of rotatable bonds is 6. The Morgan fingerprint density at radius 2 is 2.12 bits per heavy atom. The van der Waals surface area contributed by atoms with Crippen LogP contribution < -0.4 is 0 Å². The summed E-state index contributed by atoms with van der Waals surface area (Å²) in [7, 11) is 5.86. The third-order valence-corrected chi connectivity index (χ3v) is 5.05. The van der Waals surface area contributed by atoms with Crippen LogP contribution in [0.1, 0.15) is 30.1 Å². The van der Waals surface area contributed by atoms with Gasteiger partial charge in [-0.2, -0.15) is 0 Å². The van der Waals surface area contributed by atoms with Crippen molar-refractivity contribution in [3.05, 3.63) is 17.7 Å². The predicted octanol–water partition coefficient (Wildman–Crippen LogP) is 0.851. The molecule has 1 aromatic heterocycles. The molecule has 7 heteroatoms. The highest BCUT2D eigenvalue weighted by Gasteiger charge is 2.31. The maximum Gasteiger partial charge on any atom is 0.237 e. The molecule has 1 amide bonds. The van der Waals surface area contributed by atoms with E-state index >= 15 is 0 Å². The Labute approximate surface area is 149 Å². The number of aryl methyl sites for hydroxylation is 1.